The van der Waals surface area contributed by atoms with E-state index in [2.05, 4.69) is 19.2 Å². The molecule has 0 bridgehead atoms. The predicted molar refractivity (Wildman–Crippen MR) is 69.0 cm³/mol. The van der Waals surface area contributed by atoms with Crippen molar-refractivity contribution in [2.24, 2.45) is 5.92 Å². The van der Waals surface area contributed by atoms with Crippen LogP contribution >= 0.6 is 11.8 Å². The van der Waals surface area contributed by atoms with E-state index >= 15 is 0 Å². The number of carboxylic acids is 1. The van der Waals surface area contributed by atoms with E-state index in [0.29, 0.717) is 5.92 Å². The molecule has 0 aromatic heterocycles. The van der Waals surface area contributed by atoms with Gasteiger partial charge in [-0.05, 0) is 19.8 Å². The van der Waals surface area contributed by atoms with Crippen LogP contribution in [0, 0.1) is 5.92 Å². The zero-order chi connectivity index (χ0) is 14.7. The van der Waals surface area contributed by atoms with Gasteiger partial charge in [-0.25, -0.2) is 0 Å². The van der Waals surface area contributed by atoms with Gasteiger partial charge in [-0.3, -0.25) is 19.2 Å². The molecule has 0 saturated carbocycles. The number of aliphatic carboxylic acids is 1. The quantitative estimate of drug-likeness (QED) is 0.554. The maximum atomic E-state index is 10.9. The fourth-order valence-corrected chi connectivity index (χ4v) is 2.93. The van der Waals surface area contributed by atoms with Crippen molar-refractivity contribution in [1.82, 2.24) is 5.32 Å². The van der Waals surface area contributed by atoms with Crippen molar-refractivity contribution in [2.45, 2.75) is 43.9 Å². The largest absolute Gasteiger partial charge is 0.480 e. The molecule has 18 heavy (non-hydrogen) atoms. The molecule has 1 rings (SSSR count). The summed E-state index contributed by atoms with van der Waals surface area (Å²) in [6.07, 6.45) is 0. The molecule has 0 radical (unpaired) electrons. The van der Waals surface area contributed by atoms with E-state index in [4.69, 9.17) is 22.6 Å². The Kier molecular flexibility index (Phi) is 6.08. The molecule has 1 heterocycles. The third-order valence-corrected chi connectivity index (χ3v) is 4.09. The lowest BCUT2D eigenvalue weighted by Gasteiger charge is -2.21. The average Bonchev–Trinajstić information content (AvgIpc) is 2.38. The number of rotatable bonds is 2. The number of hydrogen-bond donors (Lipinski definition) is 4. The van der Waals surface area contributed by atoms with Crippen LogP contribution < -0.4 is 5.32 Å². The highest BCUT2D eigenvalue weighted by Crippen LogP contribution is 2.40. The van der Waals surface area contributed by atoms with Crippen LogP contribution in [0.2, 0.25) is 0 Å². The highest BCUT2D eigenvalue weighted by atomic mass is 32.3. The Hall–Kier alpha value is -0.350. The van der Waals surface area contributed by atoms with Gasteiger partial charge >= 0.3 is 16.4 Å². The van der Waals surface area contributed by atoms with Crippen LogP contribution in [0.25, 0.3) is 0 Å². The Morgan fingerprint density at radius 3 is 1.89 bits per heavy atom. The van der Waals surface area contributed by atoms with Crippen molar-refractivity contribution in [3.63, 3.8) is 0 Å². The maximum absolute atomic E-state index is 10.9. The fourth-order valence-electron chi connectivity index (χ4n) is 1.49. The molecule has 2 unspecified atom stereocenters. The van der Waals surface area contributed by atoms with Gasteiger partial charge in [0.15, 0.2) is 0 Å². The van der Waals surface area contributed by atoms with Gasteiger partial charge in [0.25, 0.3) is 0 Å². The van der Waals surface area contributed by atoms with Gasteiger partial charge in [-0.2, -0.15) is 8.42 Å². The zero-order valence-electron chi connectivity index (χ0n) is 10.6. The molecule has 0 amide bonds. The summed E-state index contributed by atoms with van der Waals surface area (Å²) in [5.74, 6) is -0.283. The molecule has 1 saturated heterocycles. The number of carbonyl (C=O) groups is 1. The monoisotopic (exact) mass is 301 g/mol. The zero-order valence-corrected chi connectivity index (χ0v) is 12.2. The van der Waals surface area contributed by atoms with Crippen LogP contribution in [0.3, 0.4) is 0 Å². The fraction of sp³-hybridized carbons (Fsp3) is 0.889. The van der Waals surface area contributed by atoms with Crippen LogP contribution in [0.5, 0.6) is 0 Å². The molecular weight excluding hydrogens is 282 g/mol. The SMILES string of the molecule is CC(C)C1NC(C(=O)O)C(C)(C)S1.O=S(=O)(O)O. The molecule has 7 nitrogen and oxygen atoms in total. The van der Waals surface area contributed by atoms with Gasteiger partial charge in [0, 0.05) is 4.75 Å². The summed E-state index contributed by atoms with van der Waals surface area (Å²) in [6, 6.07) is -0.426. The molecule has 0 aromatic rings. The summed E-state index contributed by atoms with van der Waals surface area (Å²) in [6.45, 7) is 8.16. The second-order valence-electron chi connectivity index (χ2n) is 4.77. The van der Waals surface area contributed by atoms with Gasteiger partial charge in [0.05, 0.1) is 5.37 Å². The summed E-state index contributed by atoms with van der Waals surface area (Å²) in [5, 5.41) is 12.4. The highest BCUT2D eigenvalue weighted by Gasteiger charge is 2.45. The predicted octanol–water partition coefficient (Wildman–Crippen LogP) is 0.884. The summed E-state index contributed by atoms with van der Waals surface area (Å²) in [5.41, 5.74) is 0. The number of hydrogen-bond acceptors (Lipinski definition) is 5. The molecule has 2 atom stereocenters. The van der Waals surface area contributed by atoms with E-state index in [0.717, 1.165) is 0 Å². The molecule has 4 N–H and O–H groups in total. The van der Waals surface area contributed by atoms with E-state index < -0.39 is 22.4 Å². The van der Waals surface area contributed by atoms with E-state index in [-0.39, 0.29) is 10.1 Å². The Morgan fingerprint density at radius 1 is 1.33 bits per heavy atom. The van der Waals surface area contributed by atoms with Gasteiger partial charge in [-0.1, -0.05) is 13.8 Å². The topological polar surface area (TPSA) is 124 Å². The van der Waals surface area contributed by atoms with Crippen LogP contribution in [0.1, 0.15) is 27.7 Å². The minimum absolute atomic E-state index is 0.208. The van der Waals surface area contributed by atoms with Crippen LogP contribution in [-0.2, 0) is 15.2 Å². The van der Waals surface area contributed by atoms with Crippen molar-refractivity contribution >= 4 is 28.1 Å². The second kappa shape index (κ2) is 6.20. The molecule has 9 heteroatoms. The van der Waals surface area contributed by atoms with Crippen LogP contribution in [-0.4, -0.2) is 44.8 Å². The molecule has 1 aliphatic rings. The first-order chi connectivity index (χ1) is 7.84. The van der Waals surface area contributed by atoms with E-state index in [1.54, 1.807) is 11.8 Å². The standard InChI is InChI=1S/C9H17NO2S.H2O4S/c1-5(2)7-10-6(8(11)12)9(3,4)13-7;1-5(2,3)4/h5-7,10H,1-4H3,(H,11,12);(H2,1,2,3,4). The molecule has 108 valence electrons. The van der Waals surface area contributed by atoms with Crippen molar-refractivity contribution in [1.29, 1.82) is 0 Å². The van der Waals surface area contributed by atoms with E-state index in [1.165, 1.54) is 0 Å². The second-order valence-corrected chi connectivity index (χ2v) is 7.46. The average molecular weight is 301 g/mol. The molecule has 0 aliphatic carbocycles. The maximum Gasteiger partial charge on any atom is 0.394 e. The van der Waals surface area contributed by atoms with Crippen molar-refractivity contribution in [2.75, 3.05) is 0 Å². The van der Waals surface area contributed by atoms with Crippen molar-refractivity contribution in [3.05, 3.63) is 0 Å². The Labute approximate surface area is 111 Å². The number of carboxylic acid groups (broad SMARTS) is 1. The Balaban J connectivity index is 0.000000494. The lowest BCUT2D eigenvalue weighted by Crippen LogP contribution is -2.45. The van der Waals surface area contributed by atoms with Crippen molar-refractivity contribution < 1.29 is 27.4 Å². The lowest BCUT2D eigenvalue weighted by molar-refractivity contribution is -0.139. The summed E-state index contributed by atoms with van der Waals surface area (Å²) in [7, 11) is -4.67. The summed E-state index contributed by atoms with van der Waals surface area (Å²) in [4.78, 5) is 10.9. The van der Waals surface area contributed by atoms with Crippen molar-refractivity contribution in [3.8, 4) is 0 Å². The summed E-state index contributed by atoms with van der Waals surface area (Å²) < 4.78 is 31.4. The first kappa shape index (κ1) is 17.6. The third kappa shape index (κ3) is 6.55. The van der Waals surface area contributed by atoms with Gasteiger partial charge in [-0.15, -0.1) is 11.8 Å². The van der Waals surface area contributed by atoms with Gasteiger partial charge in [0.1, 0.15) is 6.04 Å². The van der Waals surface area contributed by atoms with Crippen LogP contribution in [0.4, 0.5) is 0 Å². The first-order valence-electron chi connectivity index (χ1n) is 5.21. The lowest BCUT2D eigenvalue weighted by atomic mass is 10.0. The molecule has 0 aromatic carbocycles. The third-order valence-electron chi connectivity index (χ3n) is 2.31. The Morgan fingerprint density at radius 2 is 1.72 bits per heavy atom. The highest BCUT2D eigenvalue weighted by molar-refractivity contribution is 8.01. The normalized spacial score (nSPS) is 26.6. The Bertz CT molecular complexity index is 384. The minimum Gasteiger partial charge on any atom is -0.480 e. The molecule has 1 aliphatic heterocycles. The van der Waals surface area contributed by atoms with Gasteiger partial charge in [0.2, 0.25) is 0 Å². The van der Waals surface area contributed by atoms with E-state index in [9.17, 15) is 4.79 Å². The number of thioether (sulfide) groups is 1. The first-order valence-corrected chi connectivity index (χ1v) is 7.49. The van der Waals surface area contributed by atoms with Gasteiger partial charge < -0.3 is 5.11 Å². The van der Waals surface area contributed by atoms with E-state index in [1.807, 2.05) is 13.8 Å². The summed E-state index contributed by atoms with van der Waals surface area (Å²) >= 11 is 1.72. The number of nitrogens with one attached hydrogen (secondary N) is 1. The molecular formula is C9H19NO6S2. The molecule has 1 fully saturated rings. The molecule has 0 spiro atoms. The minimum atomic E-state index is -4.67. The van der Waals surface area contributed by atoms with Crippen LogP contribution in [0.15, 0.2) is 0 Å². The smallest absolute Gasteiger partial charge is 0.394 e.